The van der Waals surface area contributed by atoms with E-state index in [0.29, 0.717) is 19.6 Å². The van der Waals surface area contributed by atoms with Gasteiger partial charge in [0.15, 0.2) is 0 Å². The molecule has 0 saturated heterocycles. The Morgan fingerprint density at radius 2 is 2.19 bits per heavy atom. The molecule has 4 nitrogen and oxygen atoms in total. The summed E-state index contributed by atoms with van der Waals surface area (Å²) in [5, 5.41) is 10.8. The van der Waals surface area contributed by atoms with Crippen molar-refractivity contribution in [1.82, 2.24) is 4.98 Å². The Morgan fingerprint density at radius 1 is 1.38 bits per heavy atom. The van der Waals surface area contributed by atoms with E-state index in [2.05, 4.69) is 20.9 Å². The van der Waals surface area contributed by atoms with Crippen molar-refractivity contribution in [2.45, 2.75) is 12.5 Å². The second kappa shape index (κ2) is 5.75. The Morgan fingerprint density at radius 3 is 2.95 bits per heavy atom. The summed E-state index contributed by atoms with van der Waals surface area (Å²) in [6.45, 7) is 0.739. The van der Waals surface area contributed by atoms with Crippen LogP contribution in [0.15, 0.2) is 47.2 Å². The molecule has 0 spiro atoms. The van der Waals surface area contributed by atoms with Gasteiger partial charge in [0.2, 0.25) is 0 Å². The van der Waals surface area contributed by atoms with Crippen molar-refractivity contribution < 1.29 is 9.84 Å². The van der Waals surface area contributed by atoms with Crippen LogP contribution in [0.2, 0.25) is 0 Å². The average Bonchev–Trinajstić information content (AvgIpc) is 2.53. The van der Waals surface area contributed by atoms with E-state index in [1.807, 2.05) is 30.3 Å². The van der Waals surface area contributed by atoms with E-state index in [1.165, 1.54) is 0 Å². The van der Waals surface area contributed by atoms with Gasteiger partial charge in [-0.3, -0.25) is 4.98 Å². The fourth-order valence-electron chi connectivity index (χ4n) is 2.79. The fraction of sp³-hybridized carbons (Fsp3) is 0.312. The number of rotatable bonds is 3. The van der Waals surface area contributed by atoms with Crippen molar-refractivity contribution in [1.29, 1.82) is 0 Å². The van der Waals surface area contributed by atoms with Gasteiger partial charge in [-0.1, -0.05) is 18.2 Å². The fourth-order valence-corrected chi connectivity index (χ4v) is 3.17. The molecule has 1 aliphatic rings. The lowest BCUT2D eigenvalue weighted by molar-refractivity contribution is -0.0163. The van der Waals surface area contributed by atoms with Crippen molar-refractivity contribution in [3.05, 3.63) is 58.3 Å². The van der Waals surface area contributed by atoms with Gasteiger partial charge in [0, 0.05) is 29.0 Å². The molecule has 0 bridgehead atoms. The van der Waals surface area contributed by atoms with Crippen LogP contribution in [0, 0.1) is 5.41 Å². The van der Waals surface area contributed by atoms with E-state index >= 15 is 0 Å². The third kappa shape index (κ3) is 2.69. The van der Waals surface area contributed by atoms with E-state index in [9.17, 15) is 5.11 Å². The van der Waals surface area contributed by atoms with Crippen LogP contribution in [0.4, 0.5) is 0 Å². The zero-order valence-electron chi connectivity index (χ0n) is 11.5. The molecule has 2 atom stereocenters. The van der Waals surface area contributed by atoms with Crippen molar-refractivity contribution in [3.63, 3.8) is 0 Å². The van der Waals surface area contributed by atoms with Crippen LogP contribution in [0.3, 0.4) is 0 Å². The lowest BCUT2D eigenvalue weighted by atomic mass is 9.73. The van der Waals surface area contributed by atoms with Gasteiger partial charge in [-0.25, -0.2) is 0 Å². The Kier molecular flexibility index (Phi) is 3.97. The normalized spacial score (nSPS) is 22.2. The van der Waals surface area contributed by atoms with Crippen LogP contribution in [-0.2, 0) is 6.42 Å². The molecule has 3 N–H and O–H groups in total. The highest BCUT2D eigenvalue weighted by atomic mass is 79.9. The third-order valence-corrected chi connectivity index (χ3v) is 4.49. The Bertz CT molecular complexity index is 650. The molecule has 3 rings (SSSR count). The SMILES string of the molecule is NCC1(C(O)c2cncc(Br)c2)COc2ccccc2C1. The first kappa shape index (κ1) is 14.5. The molecule has 0 radical (unpaired) electrons. The minimum absolute atomic E-state index is 0.342. The maximum absolute atomic E-state index is 10.8. The van der Waals surface area contributed by atoms with Crippen LogP contribution in [0.25, 0.3) is 0 Å². The zero-order valence-corrected chi connectivity index (χ0v) is 13.1. The summed E-state index contributed by atoms with van der Waals surface area (Å²) in [5.41, 5.74) is 7.30. The molecule has 2 heterocycles. The molecule has 2 unspecified atom stereocenters. The summed E-state index contributed by atoms with van der Waals surface area (Å²) in [7, 11) is 0. The third-order valence-electron chi connectivity index (χ3n) is 4.06. The Hall–Kier alpha value is -1.43. The van der Waals surface area contributed by atoms with Gasteiger partial charge in [-0.05, 0) is 40.0 Å². The second-order valence-corrected chi connectivity index (χ2v) is 6.39. The minimum atomic E-state index is -0.721. The summed E-state index contributed by atoms with van der Waals surface area (Å²) < 4.78 is 6.67. The largest absolute Gasteiger partial charge is 0.493 e. The first-order valence-corrected chi connectivity index (χ1v) is 7.63. The van der Waals surface area contributed by atoms with Crippen LogP contribution >= 0.6 is 15.9 Å². The number of fused-ring (bicyclic) bond motifs is 1. The molecule has 1 aromatic carbocycles. The van der Waals surface area contributed by atoms with Gasteiger partial charge in [-0.15, -0.1) is 0 Å². The number of para-hydroxylation sites is 1. The van der Waals surface area contributed by atoms with E-state index < -0.39 is 11.5 Å². The van der Waals surface area contributed by atoms with Crippen molar-refractivity contribution >= 4 is 15.9 Å². The number of aliphatic hydroxyl groups excluding tert-OH is 1. The van der Waals surface area contributed by atoms with Crippen LogP contribution in [0.1, 0.15) is 17.2 Å². The summed E-state index contributed by atoms with van der Waals surface area (Å²) in [6, 6.07) is 9.76. The number of halogens is 1. The quantitative estimate of drug-likeness (QED) is 0.893. The number of benzene rings is 1. The lowest BCUT2D eigenvalue weighted by Gasteiger charge is -2.40. The van der Waals surface area contributed by atoms with Gasteiger partial charge in [-0.2, -0.15) is 0 Å². The molecule has 21 heavy (non-hydrogen) atoms. The van der Waals surface area contributed by atoms with Crippen molar-refractivity contribution in [3.8, 4) is 5.75 Å². The highest BCUT2D eigenvalue weighted by molar-refractivity contribution is 9.10. The van der Waals surface area contributed by atoms with E-state index in [1.54, 1.807) is 12.4 Å². The molecular weight excluding hydrogens is 332 g/mol. The number of nitrogens with zero attached hydrogens (tertiary/aromatic N) is 1. The monoisotopic (exact) mass is 348 g/mol. The molecule has 1 aromatic heterocycles. The molecular formula is C16H17BrN2O2. The van der Waals surface area contributed by atoms with E-state index in [0.717, 1.165) is 21.3 Å². The Balaban J connectivity index is 1.95. The van der Waals surface area contributed by atoms with Gasteiger partial charge in [0.05, 0.1) is 18.1 Å². The Labute approximate surface area is 132 Å². The second-order valence-electron chi connectivity index (χ2n) is 5.48. The highest BCUT2D eigenvalue weighted by Crippen LogP contribution is 2.42. The molecule has 0 saturated carbocycles. The average molecular weight is 349 g/mol. The number of aromatic nitrogens is 1. The van der Waals surface area contributed by atoms with Gasteiger partial charge in [0.1, 0.15) is 5.75 Å². The van der Waals surface area contributed by atoms with Crippen LogP contribution in [-0.4, -0.2) is 23.2 Å². The van der Waals surface area contributed by atoms with Gasteiger partial charge < -0.3 is 15.6 Å². The zero-order chi connectivity index (χ0) is 14.9. The standard InChI is InChI=1S/C16H17BrN2O2/c17-13-5-12(7-19-8-13)15(20)16(9-18)6-11-3-1-2-4-14(11)21-10-16/h1-5,7-8,15,20H,6,9-10,18H2. The summed E-state index contributed by atoms with van der Waals surface area (Å²) in [5.74, 6) is 0.876. The summed E-state index contributed by atoms with van der Waals surface area (Å²) in [4.78, 5) is 4.12. The topological polar surface area (TPSA) is 68.4 Å². The van der Waals surface area contributed by atoms with E-state index in [4.69, 9.17) is 10.5 Å². The smallest absolute Gasteiger partial charge is 0.122 e. The first-order valence-electron chi connectivity index (χ1n) is 6.84. The predicted octanol–water partition coefficient (Wildman–Crippen LogP) is 2.46. The molecule has 5 heteroatoms. The number of aliphatic hydroxyl groups is 1. The van der Waals surface area contributed by atoms with Crippen LogP contribution in [0.5, 0.6) is 5.75 Å². The summed E-state index contributed by atoms with van der Waals surface area (Å²) >= 11 is 3.38. The minimum Gasteiger partial charge on any atom is -0.493 e. The number of pyridine rings is 1. The summed E-state index contributed by atoms with van der Waals surface area (Å²) in [6.07, 6.45) is 3.33. The molecule has 0 amide bonds. The maximum atomic E-state index is 10.8. The maximum Gasteiger partial charge on any atom is 0.122 e. The molecule has 110 valence electrons. The van der Waals surface area contributed by atoms with Gasteiger partial charge in [0.25, 0.3) is 0 Å². The highest BCUT2D eigenvalue weighted by Gasteiger charge is 2.42. The lowest BCUT2D eigenvalue weighted by Crippen LogP contribution is -2.46. The number of ether oxygens (including phenoxy) is 1. The van der Waals surface area contributed by atoms with E-state index in [-0.39, 0.29) is 0 Å². The molecule has 2 aromatic rings. The number of hydrogen-bond acceptors (Lipinski definition) is 4. The van der Waals surface area contributed by atoms with Crippen molar-refractivity contribution in [2.75, 3.05) is 13.2 Å². The van der Waals surface area contributed by atoms with Crippen LogP contribution < -0.4 is 10.5 Å². The number of nitrogens with two attached hydrogens (primary N) is 1. The first-order chi connectivity index (χ1) is 10.1. The molecule has 1 aliphatic heterocycles. The van der Waals surface area contributed by atoms with Gasteiger partial charge >= 0.3 is 0 Å². The molecule has 0 aliphatic carbocycles. The predicted molar refractivity (Wildman–Crippen MR) is 84.0 cm³/mol. The van der Waals surface area contributed by atoms with Crippen molar-refractivity contribution in [2.24, 2.45) is 11.1 Å². The molecule has 0 fully saturated rings. The number of hydrogen-bond donors (Lipinski definition) is 2.